The molecule has 0 aromatic heterocycles. The van der Waals surface area contributed by atoms with Gasteiger partial charge in [-0.2, -0.15) is 0 Å². The molecule has 4 N–H and O–H groups in total. The molecule has 0 bridgehead atoms. The van der Waals surface area contributed by atoms with Crippen molar-refractivity contribution in [1.82, 2.24) is 0 Å². The summed E-state index contributed by atoms with van der Waals surface area (Å²) >= 11 is 0. The fourth-order valence-electron chi connectivity index (χ4n) is 0.903. The van der Waals surface area contributed by atoms with E-state index in [2.05, 4.69) is 0 Å². The van der Waals surface area contributed by atoms with Gasteiger partial charge in [0.1, 0.15) is 0 Å². The van der Waals surface area contributed by atoms with Crippen LogP contribution in [-0.2, 0) is 0 Å². The van der Waals surface area contributed by atoms with E-state index >= 15 is 0 Å². The number of hydrogen-bond acceptors (Lipinski definition) is 3. The van der Waals surface area contributed by atoms with Crippen LogP contribution in [0.5, 0.6) is 0 Å². The van der Waals surface area contributed by atoms with Crippen molar-refractivity contribution in [1.29, 1.82) is 0 Å². The Labute approximate surface area is 61.9 Å². The molecule has 0 aromatic rings. The van der Waals surface area contributed by atoms with E-state index in [9.17, 15) is 5.11 Å². The number of aliphatic hydroxyl groups excluding tert-OH is 2. The van der Waals surface area contributed by atoms with Crippen LogP contribution in [0.2, 0.25) is 0 Å². The molecule has 0 spiro atoms. The maximum Gasteiger partial charge on any atom is 0.0949 e. The molecule has 0 radical (unpaired) electrons. The summed E-state index contributed by atoms with van der Waals surface area (Å²) in [6, 6.07) is 0. The van der Waals surface area contributed by atoms with Gasteiger partial charge in [-0.15, -0.1) is 0 Å². The van der Waals surface area contributed by atoms with Crippen molar-refractivity contribution in [2.24, 2.45) is 5.73 Å². The molecule has 0 aliphatic heterocycles. The molecular formula is C7H17NO2. The second-order valence-electron chi connectivity index (χ2n) is 2.64. The van der Waals surface area contributed by atoms with Crippen molar-refractivity contribution >= 4 is 0 Å². The quantitative estimate of drug-likeness (QED) is 0.518. The van der Waals surface area contributed by atoms with Crippen molar-refractivity contribution in [3.05, 3.63) is 0 Å². The lowest BCUT2D eigenvalue weighted by atomic mass is 9.88. The zero-order valence-corrected chi connectivity index (χ0v) is 6.67. The van der Waals surface area contributed by atoms with Crippen molar-refractivity contribution in [3.8, 4) is 0 Å². The van der Waals surface area contributed by atoms with Crippen LogP contribution in [0.3, 0.4) is 0 Å². The minimum atomic E-state index is -0.789. The highest BCUT2D eigenvalue weighted by Gasteiger charge is 2.28. The van der Waals surface area contributed by atoms with E-state index in [1.165, 1.54) is 0 Å². The predicted molar refractivity (Wildman–Crippen MR) is 40.6 cm³/mol. The highest BCUT2D eigenvalue weighted by molar-refractivity contribution is 4.88. The van der Waals surface area contributed by atoms with Gasteiger partial charge in [-0.05, 0) is 12.8 Å². The molecule has 1 atom stereocenters. The van der Waals surface area contributed by atoms with Gasteiger partial charge in [0, 0.05) is 5.54 Å². The second kappa shape index (κ2) is 3.91. The van der Waals surface area contributed by atoms with Crippen LogP contribution in [0, 0.1) is 0 Å². The molecular weight excluding hydrogens is 130 g/mol. The lowest BCUT2D eigenvalue weighted by Crippen LogP contribution is -2.51. The standard InChI is InChI=1S/C7H17NO2/c1-3-7(8,4-2)6(10)5-9/h6,9-10H,3-5,8H2,1-2H3. The van der Waals surface area contributed by atoms with Crippen LogP contribution in [0.15, 0.2) is 0 Å². The summed E-state index contributed by atoms with van der Waals surface area (Å²) in [6.45, 7) is 3.56. The molecule has 62 valence electrons. The molecule has 0 aliphatic rings. The topological polar surface area (TPSA) is 66.5 Å². The maximum atomic E-state index is 9.20. The number of hydrogen-bond donors (Lipinski definition) is 3. The smallest absolute Gasteiger partial charge is 0.0949 e. The summed E-state index contributed by atoms with van der Waals surface area (Å²) in [6.07, 6.45) is 0.582. The van der Waals surface area contributed by atoms with Gasteiger partial charge >= 0.3 is 0 Å². The van der Waals surface area contributed by atoms with E-state index in [4.69, 9.17) is 10.8 Å². The molecule has 0 saturated heterocycles. The molecule has 0 aromatic carbocycles. The zero-order valence-electron chi connectivity index (χ0n) is 6.67. The third-order valence-corrected chi connectivity index (χ3v) is 2.15. The molecule has 1 unspecified atom stereocenters. The number of rotatable bonds is 4. The van der Waals surface area contributed by atoms with E-state index in [0.29, 0.717) is 12.8 Å². The van der Waals surface area contributed by atoms with E-state index in [0.717, 1.165) is 0 Å². The van der Waals surface area contributed by atoms with Crippen LogP contribution >= 0.6 is 0 Å². The van der Waals surface area contributed by atoms with Gasteiger partial charge in [0.05, 0.1) is 12.7 Å². The minimum Gasteiger partial charge on any atom is -0.394 e. The second-order valence-corrected chi connectivity index (χ2v) is 2.64. The lowest BCUT2D eigenvalue weighted by Gasteiger charge is -2.30. The molecule has 3 heteroatoms. The molecule has 0 heterocycles. The Morgan fingerprint density at radius 3 is 1.90 bits per heavy atom. The van der Waals surface area contributed by atoms with Gasteiger partial charge < -0.3 is 15.9 Å². The molecule has 3 nitrogen and oxygen atoms in total. The summed E-state index contributed by atoms with van der Waals surface area (Å²) in [4.78, 5) is 0. The molecule has 0 aliphatic carbocycles. The van der Waals surface area contributed by atoms with Crippen LogP contribution in [0.4, 0.5) is 0 Å². The Hall–Kier alpha value is -0.120. The predicted octanol–water partition coefficient (Wildman–Crippen LogP) is -0.143. The van der Waals surface area contributed by atoms with Crippen molar-refractivity contribution < 1.29 is 10.2 Å². The average molecular weight is 147 g/mol. The Morgan fingerprint density at radius 2 is 1.80 bits per heavy atom. The Kier molecular flexibility index (Phi) is 3.86. The Bertz CT molecular complexity index is 91.6. The average Bonchev–Trinajstić information content (AvgIpc) is 2.01. The highest BCUT2D eigenvalue weighted by atomic mass is 16.3. The normalized spacial score (nSPS) is 15.3. The van der Waals surface area contributed by atoms with Crippen molar-refractivity contribution in [3.63, 3.8) is 0 Å². The van der Waals surface area contributed by atoms with E-state index in [1.807, 2.05) is 13.8 Å². The Morgan fingerprint density at radius 1 is 1.40 bits per heavy atom. The van der Waals surface area contributed by atoms with Crippen LogP contribution in [-0.4, -0.2) is 28.5 Å². The lowest BCUT2D eigenvalue weighted by molar-refractivity contribution is 0.0267. The van der Waals surface area contributed by atoms with Gasteiger partial charge in [0.2, 0.25) is 0 Å². The van der Waals surface area contributed by atoms with Gasteiger partial charge in [0.25, 0.3) is 0 Å². The van der Waals surface area contributed by atoms with Crippen molar-refractivity contribution in [2.75, 3.05) is 6.61 Å². The third kappa shape index (κ3) is 1.94. The maximum absolute atomic E-state index is 9.20. The fourth-order valence-corrected chi connectivity index (χ4v) is 0.903. The van der Waals surface area contributed by atoms with Crippen LogP contribution in [0.1, 0.15) is 26.7 Å². The van der Waals surface area contributed by atoms with E-state index in [-0.39, 0.29) is 6.61 Å². The summed E-state index contributed by atoms with van der Waals surface area (Å²) in [5, 5.41) is 17.8. The fraction of sp³-hybridized carbons (Fsp3) is 1.00. The summed E-state index contributed by atoms with van der Waals surface area (Å²) in [7, 11) is 0. The molecule has 0 amide bonds. The first-order chi connectivity index (χ1) is 4.60. The molecule has 0 saturated carbocycles. The van der Waals surface area contributed by atoms with E-state index < -0.39 is 11.6 Å². The largest absolute Gasteiger partial charge is 0.394 e. The summed E-state index contributed by atoms with van der Waals surface area (Å²) in [5.74, 6) is 0. The molecule has 0 fully saturated rings. The monoisotopic (exact) mass is 147 g/mol. The third-order valence-electron chi connectivity index (χ3n) is 2.15. The van der Waals surface area contributed by atoms with Gasteiger partial charge in [0.15, 0.2) is 0 Å². The first kappa shape index (κ1) is 9.88. The van der Waals surface area contributed by atoms with Gasteiger partial charge in [-0.25, -0.2) is 0 Å². The Balaban J connectivity index is 4.02. The van der Waals surface area contributed by atoms with E-state index in [1.54, 1.807) is 0 Å². The SMILES string of the molecule is CCC(N)(CC)C(O)CO. The molecule has 0 rings (SSSR count). The first-order valence-electron chi connectivity index (χ1n) is 3.68. The number of nitrogens with two attached hydrogens (primary N) is 1. The van der Waals surface area contributed by atoms with Gasteiger partial charge in [-0.1, -0.05) is 13.8 Å². The van der Waals surface area contributed by atoms with Crippen LogP contribution < -0.4 is 5.73 Å². The first-order valence-corrected chi connectivity index (χ1v) is 3.68. The highest BCUT2D eigenvalue weighted by Crippen LogP contribution is 2.15. The zero-order chi connectivity index (χ0) is 8.20. The van der Waals surface area contributed by atoms with Crippen LogP contribution in [0.25, 0.3) is 0 Å². The van der Waals surface area contributed by atoms with Gasteiger partial charge in [-0.3, -0.25) is 0 Å². The summed E-state index contributed by atoms with van der Waals surface area (Å²) in [5.41, 5.74) is 5.14. The molecule has 10 heavy (non-hydrogen) atoms. The minimum absolute atomic E-state index is 0.252. The summed E-state index contributed by atoms with van der Waals surface area (Å²) < 4.78 is 0. The van der Waals surface area contributed by atoms with Crippen molar-refractivity contribution in [2.45, 2.75) is 38.3 Å². The number of aliphatic hydroxyl groups is 2.